The van der Waals surface area contributed by atoms with Gasteiger partial charge in [-0.05, 0) is 24.3 Å². The molecule has 0 bridgehead atoms. The predicted molar refractivity (Wildman–Crippen MR) is 59.5 cm³/mol. The summed E-state index contributed by atoms with van der Waals surface area (Å²) in [7, 11) is 0. The molecule has 0 amide bonds. The van der Waals surface area contributed by atoms with Gasteiger partial charge in [0.05, 0.1) is 24.0 Å². The van der Waals surface area contributed by atoms with Gasteiger partial charge in [-0.25, -0.2) is 0 Å². The molecule has 19 heavy (non-hydrogen) atoms. The van der Waals surface area contributed by atoms with E-state index in [1.807, 2.05) is 6.07 Å². The molecule has 0 radical (unpaired) electrons. The molecule has 98 valence electrons. The van der Waals surface area contributed by atoms with E-state index in [0.29, 0.717) is 11.3 Å². The van der Waals surface area contributed by atoms with Gasteiger partial charge in [0.25, 0.3) is 0 Å². The fourth-order valence-electron chi connectivity index (χ4n) is 1.40. The van der Waals surface area contributed by atoms with Crippen LogP contribution in [-0.2, 0) is 6.54 Å². The molecule has 2 aromatic rings. The molecule has 2 rings (SSSR count). The van der Waals surface area contributed by atoms with Crippen molar-refractivity contribution in [2.24, 2.45) is 0 Å². The zero-order chi connectivity index (χ0) is 13.9. The Bertz CT molecular complexity index is 596. The van der Waals surface area contributed by atoms with E-state index in [9.17, 15) is 13.2 Å². The third kappa shape index (κ3) is 3.74. The fraction of sp³-hybridized carbons (Fsp3) is 0.167. The number of nitrogens with zero attached hydrogens (tertiary/aromatic N) is 3. The summed E-state index contributed by atoms with van der Waals surface area (Å²) in [5, 5.41) is 12.2. The molecule has 4 nitrogen and oxygen atoms in total. The average molecular weight is 267 g/mol. The smallest absolute Gasteiger partial charge is 0.408 e. The Balaban J connectivity index is 2.05. The molecule has 0 aliphatic heterocycles. The maximum absolute atomic E-state index is 12.1. The number of halogens is 3. The molecular formula is C12H8F3N3O. The third-order valence-electron chi connectivity index (χ3n) is 2.17. The van der Waals surface area contributed by atoms with Crippen molar-refractivity contribution in [1.29, 1.82) is 5.26 Å². The monoisotopic (exact) mass is 267 g/mol. The van der Waals surface area contributed by atoms with Gasteiger partial charge in [0.2, 0.25) is 0 Å². The molecule has 0 fully saturated rings. The van der Waals surface area contributed by atoms with Gasteiger partial charge in [-0.3, -0.25) is 4.68 Å². The molecule has 0 aliphatic rings. The minimum absolute atomic E-state index is 0.203. The van der Waals surface area contributed by atoms with Crippen LogP contribution in [0.15, 0.2) is 36.7 Å². The summed E-state index contributed by atoms with van der Waals surface area (Å²) in [6, 6.07) is 8.16. The Hall–Kier alpha value is -2.49. The second-order valence-electron chi connectivity index (χ2n) is 3.73. The number of hydrogen-bond acceptors (Lipinski definition) is 3. The number of nitriles is 1. The molecule has 1 aromatic carbocycles. The van der Waals surface area contributed by atoms with Crippen molar-refractivity contribution in [2.45, 2.75) is 12.7 Å². The highest BCUT2D eigenvalue weighted by Crippen LogP contribution is 2.23. The van der Waals surface area contributed by atoms with Gasteiger partial charge >= 0.3 is 6.18 Å². The van der Waals surface area contributed by atoms with Crippen LogP contribution in [0.2, 0.25) is 0 Å². The quantitative estimate of drug-likeness (QED) is 0.858. The minimum Gasteiger partial charge on any atom is -0.454 e. The first-order chi connectivity index (χ1) is 8.96. The van der Waals surface area contributed by atoms with E-state index in [1.165, 1.54) is 6.20 Å². The summed E-state index contributed by atoms with van der Waals surface area (Å²) < 4.78 is 42.4. The molecule has 0 N–H and O–H groups in total. The predicted octanol–water partition coefficient (Wildman–Crippen LogP) is 3.11. The van der Waals surface area contributed by atoms with Crippen molar-refractivity contribution >= 4 is 0 Å². The van der Waals surface area contributed by atoms with Crippen LogP contribution in [0, 0.1) is 11.3 Å². The maximum atomic E-state index is 12.1. The van der Waals surface area contributed by atoms with Crippen LogP contribution < -0.4 is 4.74 Å². The van der Waals surface area contributed by atoms with Crippen LogP contribution in [0.3, 0.4) is 0 Å². The number of ether oxygens (including phenoxy) is 1. The number of rotatable bonds is 3. The van der Waals surface area contributed by atoms with Crippen LogP contribution in [0.5, 0.6) is 11.5 Å². The second kappa shape index (κ2) is 5.02. The topological polar surface area (TPSA) is 50.8 Å². The first-order valence-electron chi connectivity index (χ1n) is 5.23. The Labute approximate surface area is 106 Å². The third-order valence-corrected chi connectivity index (χ3v) is 2.17. The molecule has 7 heteroatoms. The van der Waals surface area contributed by atoms with Gasteiger partial charge < -0.3 is 4.74 Å². The Kier molecular flexibility index (Phi) is 3.42. The van der Waals surface area contributed by atoms with E-state index in [0.717, 1.165) is 10.9 Å². The molecule has 0 aliphatic carbocycles. The summed E-state index contributed by atoms with van der Waals surface area (Å²) in [6.07, 6.45) is -1.96. The highest BCUT2D eigenvalue weighted by molar-refractivity contribution is 5.36. The molecule has 0 saturated heterocycles. The van der Waals surface area contributed by atoms with Gasteiger partial charge in [-0.1, -0.05) is 0 Å². The zero-order valence-corrected chi connectivity index (χ0v) is 9.55. The Morgan fingerprint density at radius 2 is 1.89 bits per heavy atom. The largest absolute Gasteiger partial charge is 0.454 e. The van der Waals surface area contributed by atoms with E-state index in [4.69, 9.17) is 10.00 Å². The number of aromatic nitrogens is 2. The fourth-order valence-corrected chi connectivity index (χ4v) is 1.40. The molecule has 1 aromatic heterocycles. The van der Waals surface area contributed by atoms with Crippen LogP contribution in [-0.4, -0.2) is 16.0 Å². The van der Waals surface area contributed by atoms with Crippen molar-refractivity contribution < 1.29 is 17.9 Å². The van der Waals surface area contributed by atoms with Gasteiger partial charge in [-0.15, -0.1) is 0 Å². The van der Waals surface area contributed by atoms with E-state index in [2.05, 4.69) is 5.10 Å². The minimum atomic E-state index is -4.32. The second-order valence-corrected chi connectivity index (χ2v) is 3.73. The Morgan fingerprint density at radius 1 is 1.21 bits per heavy atom. The van der Waals surface area contributed by atoms with Crippen molar-refractivity contribution in [1.82, 2.24) is 9.78 Å². The van der Waals surface area contributed by atoms with Crippen LogP contribution in [0.25, 0.3) is 0 Å². The van der Waals surface area contributed by atoms with E-state index < -0.39 is 12.7 Å². The lowest BCUT2D eigenvalue weighted by molar-refractivity contribution is -0.142. The normalized spacial score (nSPS) is 11.1. The lowest BCUT2D eigenvalue weighted by Gasteiger charge is -2.05. The SMILES string of the molecule is N#Cc1ccc(Oc2cnn(CC(F)(F)F)c2)cc1. The van der Waals surface area contributed by atoms with Gasteiger partial charge in [0.15, 0.2) is 5.75 Å². The van der Waals surface area contributed by atoms with Crippen molar-refractivity contribution in [3.05, 3.63) is 42.2 Å². The number of hydrogen-bond donors (Lipinski definition) is 0. The molecule has 0 saturated carbocycles. The summed E-state index contributed by atoms with van der Waals surface area (Å²) in [5.74, 6) is 0.625. The first-order valence-corrected chi connectivity index (χ1v) is 5.23. The molecule has 0 atom stereocenters. The van der Waals surface area contributed by atoms with Gasteiger partial charge in [0.1, 0.15) is 12.3 Å². The number of alkyl halides is 3. The first kappa shape index (κ1) is 13.0. The van der Waals surface area contributed by atoms with E-state index in [-0.39, 0.29) is 5.75 Å². The zero-order valence-electron chi connectivity index (χ0n) is 9.55. The molecular weight excluding hydrogens is 259 g/mol. The molecule has 0 spiro atoms. The maximum Gasteiger partial charge on any atom is 0.408 e. The summed E-state index contributed by atoms with van der Waals surface area (Å²) in [6.45, 7) is -1.16. The van der Waals surface area contributed by atoms with Crippen molar-refractivity contribution in [2.75, 3.05) is 0 Å². The standard InChI is InChI=1S/C12H8F3N3O/c13-12(14,15)8-18-7-11(6-17-18)19-10-3-1-9(5-16)2-4-10/h1-4,6-7H,8H2. The molecule has 1 heterocycles. The summed E-state index contributed by atoms with van der Waals surface area (Å²) in [5.41, 5.74) is 0.472. The summed E-state index contributed by atoms with van der Waals surface area (Å²) >= 11 is 0. The van der Waals surface area contributed by atoms with E-state index >= 15 is 0 Å². The number of benzene rings is 1. The van der Waals surface area contributed by atoms with E-state index in [1.54, 1.807) is 24.3 Å². The Morgan fingerprint density at radius 3 is 2.47 bits per heavy atom. The van der Waals surface area contributed by atoms with Gasteiger partial charge in [-0.2, -0.15) is 23.5 Å². The highest BCUT2D eigenvalue weighted by atomic mass is 19.4. The summed E-state index contributed by atoms with van der Waals surface area (Å²) in [4.78, 5) is 0. The molecule has 0 unspecified atom stereocenters. The van der Waals surface area contributed by atoms with Crippen LogP contribution in [0.4, 0.5) is 13.2 Å². The van der Waals surface area contributed by atoms with Crippen molar-refractivity contribution in [3.63, 3.8) is 0 Å². The van der Waals surface area contributed by atoms with Crippen molar-refractivity contribution in [3.8, 4) is 17.6 Å². The average Bonchev–Trinajstić information content (AvgIpc) is 2.75. The lowest BCUT2D eigenvalue weighted by Crippen LogP contribution is -2.17. The van der Waals surface area contributed by atoms with Crippen LogP contribution in [0.1, 0.15) is 5.56 Å². The lowest BCUT2D eigenvalue weighted by atomic mass is 10.2. The van der Waals surface area contributed by atoms with Crippen LogP contribution >= 0.6 is 0 Å². The highest BCUT2D eigenvalue weighted by Gasteiger charge is 2.28. The van der Waals surface area contributed by atoms with Gasteiger partial charge in [0, 0.05) is 0 Å².